The summed E-state index contributed by atoms with van der Waals surface area (Å²) in [6, 6.07) is -0.576. The van der Waals surface area contributed by atoms with E-state index in [0.717, 1.165) is 23.1 Å². The Labute approximate surface area is 133 Å². The number of nitrogens with zero attached hydrogens (tertiary/aromatic N) is 2. The number of quaternary nitrogens is 1. The summed E-state index contributed by atoms with van der Waals surface area (Å²) in [7, 11) is 2.15. The van der Waals surface area contributed by atoms with E-state index in [2.05, 4.69) is 7.05 Å². The topological polar surface area (TPSA) is 149 Å². The number of β-lactam (4-membered cyclic amide) rings is 1. The molecular formula is C13H23N3O5S. The smallest absolute Gasteiger partial charge is 0.248 e. The van der Waals surface area contributed by atoms with E-state index in [9.17, 15) is 14.7 Å². The molecule has 2 atom stereocenters. The number of aliphatic carboxylic acids is 1. The number of carboxylic acids is 1. The summed E-state index contributed by atoms with van der Waals surface area (Å²) < 4.78 is 0.853. The molecule has 1 unspecified atom stereocenters. The zero-order valence-electron chi connectivity index (χ0n) is 12.5. The van der Waals surface area contributed by atoms with Gasteiger partial charge in [-0.1, -0.05) is 0 Å². The fraction of sp³-hybridized carbons (Fsp3) is 0.692. The Kier molecular flexibility index (Phi) is 5.63. The number of likely N-dealkylation sites (tertiary alicyclic amines) is 1. The van der Waals surface area contributed by atoms with E-state index in [0.29, 0.717) is 12.3 Å². The average molecular weight is 333 g/mol. The highest BCUT2D eigenvalue weighted by Gasteiger charge is 2.50. The summed E-state index contributed by atoms with van der Waals surface area (Å²) in [6.07, 6.45) is 2.35. The van der Waals surface area contributed by atoms with Crippen molar-refractivity contribution in [3.8, 4) is 0 Å². The van der Waals surface area contributed by atoms with Crippen molar-refractivity contribution in [3.05, 3.63) is 11.3 Å². The maximum atomic E-state index is 11.8. The van der Waals surface area contributed by atoms with Crippen molar-refractivity contribution in [1.82, 2.24) is 4.90 Å². The summed E-state index contributed by atoms with van der Waals surface area (Å²) in [5.41, 5.74) is 6.61. The van der Waals surface area contributed by atoms with Crippen molar-refractivity contribution in [2.24, 2.45) is 5.73 Å². The molecule has 0 aromatic heterocycles. The van der Waals surface area contributed by atoms with Gasteiger partial charge in [-0.3, -0.25) is 9.69 Å². The number of amides is 1. The molecule has 1 amide bonds. The van der Waals surface area contributed by atoms with E-state index in [1.54, 1.807) is 11.8 Å². The number of carbonyl (C=O) groups excluding carboxylic acids is 2. The van der Waals surface area contributed by atoms with Crippen LogP contribution in [-0.2, 0) is 9.59 Å². The lowest BCUT2D eigenvalue weighted by molar-refractivity contribution is -0.893. The second-order valence-corrected chi connectivity index (χ2v) is 7.21. The van der Waals surface area contributed by atoms with E-state index >= 15 is 0 Å². The highest BCUT2D eigenvalue weighted by atomic mass is 32.2. The molecule has 0 radical (unpaired) electrons. The van der Waals surface area contributed by atoms with Crippen LogP contribution in [-0.4, -0.2) is 76.1 Å². The summed E-state index contributed by atoms with van der Waals surface area (Å²) in [4.78, 5) is 24.6. The van der Waals surface area contributed by atoms with Gasteiger partial charge >= 0.3 is 0 Å². The van der Waals surface area contributed by atoms with Crippen LogP contribution in [0.15, 0.2) is 11.3 Å². The molecule has 2 saturated heterocycles. The molecule has 2 fully saturated rings. The van der Waals surface area contributed by atoms with E-state index in [-0.39, 0.29) is 27.9 Å². The quantitative estimate of drug-likeness (QED) is 0.427. The SMILES string of the molecule is C[N+]1(CC2=C(C(=O)[O-])N3C(=O)C(N)[C@@H]3SC2)CCCC1.O.O. The summed E-state index contributed by atoms with van der Waals surface area (Å²) in [6.45, 7) is 2.80. The molecule has 8 nitrogen and oxygen atoms in total. The van der Waals surface area contributed by atoms with Gasteiger partial charge in [-0.15, -0.1) is 11.8 Å². The first-order chi connectivity index (χ1) is 9.43. The van der Waals surface area contributed by atoms with Gasteiger partial charge in [-0.05, 0) is 0 Å². The normalized spacial score (nSPS) is 29.2. The first kappa shape index (κ1) is 18.9. The first-order valence-corrected chi connectivity index (χ1v) is 7.95. The second-order valence-electron chi connectivity index (χ2n) is 6.11. The second kappa shape index (κ2) is 6.55. The van der Waals surface area contributed by atoms with Crippen molar-refractivity contribution in [3.63, 3.8) is 0 Å². The first-order valence-electron chi connectivity index (χ1n) is 6.90. The molecular weight excluding hydrogens is 310 g/mol. The summed E-state index contributed by atoms with van der Waals surface area (Å²) in [5, 5.41) is 11.2. The number of hydrogen-bond acceptors (Lipinski definition) is 5. The summed E-state index contributed by atoms with van der Waals surface area (Å²) >= 11 is 1.56. The number of thioether (sulfide) groups is 1. The maximum absolute atomic E-state index is 11.8. The fourth-order valence-corrected chi connectivity index (χ4v) is 4.69. The largest absolute Gasteiger partial charge is 0.543 e. The molecule has 22 heavy (non-hydrogen) atoms. The van der Waals surface area contributed by atoms with Crippen LogP contribution < -0.4 is 10.8 Å². The van der Waals surface area contributed by atoms with E-state index < -0.39 is 12.0 Å². The Balaban J connectivity index is 0.00000121. The van der Waals surface area contributed by atoms with Gasteiger partial charge in [0.15, 0.2) is 0 Å². The van der Waals surface area contributed by atoms with Crippen molar-refractivity contribution in [2.45, 2.75) is 24.3 Å². The van der Waals surface area contributed by atoms with Crippen molar-refractivity contribution in [2.75, 3.05) is 32.4 Å². The highest BCUT2D eigenvalue weighted by molar-refractivity contribution is 8.00. The third-order valence-electron chi connectivity index (χ3n) is 4.50. The number of hydrogen-bond donors (Lipinski definition) is 1. The highest BCUT2D eigenvalue weighted by Crippen LogP contribution is 2.40. The molecule has 0 aromatic carbocycles. The summed E-state index contributed by atoms with van der Waals surface area (Å²) in [5.74, 6) is -0.932. The van der Waals surface area contributed by atoms with Crippen molar-refractivity contribution >= 4 is 23.6 Å². The Morgan fingerprint density at radius 3 is 2.55 bits per heavy atom. The molecule has 126 valence electrons. The van der Waals surface area contributed by atoms with Gasteiger partial charge in [-0.25, -0.2) is 0 Å². The molecule has 0 aliphatic carbocycles. The molecule has 3 aliphatic heterocycles. The van der Waals surface area contributed by atoms with Crippen LogP contribution in [0.5, 0.6) is 0 Å². The molecule has 3 rings (SSSR count). The van der Waals surface area contributed by atoms with Crippen LogP contribution >= 0.6 is 11.8 Å². The predicted octanol–water partition coefficient (Wildman–Crippen LogP) is -3.18. The lowest BCUT2D eigenvalue weighted by atomic mass is 10.0. The molecule has 0 spiro atoms. The lowest BCUT2D eigenvalue weighted by Gasteiger charge is -2.50. The number of nitrogens with two attached hydrogens (primary N) is 1. The Morgan fingerprint density at radius 1 is 1.41 bits per heavy atom. The van der Waals surface area contributed by atoms with Gasteiger partial charge in [0.2, 0.25) is 5.91 Å². The van der Waals surface area contributed by atoms with Gasteiger partial charge < -0.3 is 31.1 Å². The van der Waals surface area contributed by atoms with Crippen LogP contribution in [0.25, 0.3) is 0 Å². The Morgan fingerprint density at radius 2 is 2.00 bits per heavy atom. The van der Waals surface area contributed by atoms with Crippen LogP contribution in [0.4, 0.5) is 0 Å². The Hall–Kier alpha value is -1.13. The molecule has 0 saturated carbocycles. The minimum absolute atomic E-state index is 0. The van der Waals surface area contributed by atoms with Gasteiger partial charge in [0.1, 0.15) is 18.0 Å². The zero-order valence-corrected chi connectivity index (χ0v) is 13.3. The van der Waals surface area contributed by atoms with Crippen LogP contribution in [0.1, 0.15) is 12.8 Å². The Bertz CT molecular complexity index is 504. The molecule has 0 aromatic rings. The maximum Gasteiger partial charge on any atom is 0.248 e. The monoisotopic (exact) mass is 333 g/mol. The molecule has 9 heteroatoms. The van der Waals surface area contributed by atoms with Crippen molar-refractivity contribution in [1.29, 1.82) is 0 Å². The number of carboxylic acid groups (broad SMARTS) is 1. The van der Waals surface area contributed by atoms with E-state index in [1.807, 2.05) is 0 Å². The number of likely N-dealkylation sites (N-methyl/N-ethyl adjacent to an activating group) is 1. The number of rotatable bonds is 3. The molecule has 3 aliphatic rings. The van der Waals surface area contributed by atoms with Crippen LogP contribution in [0, 0.1) is 0 Å². The van der Waals surface area contributed by atoms with Crippen molar-refractivity contribution < 1.29 is 30.1 Å². The predicted molar refractivity (Wildman–Crippen MR) is 80.3 cm³/mol. The minimum Gasteiger partial charge on any atom is -0.543 e. The third kappa shape index (κ3) is 2.86. The lowest BCUT2D eigenvalue weighted by Crippen LogP contribution is -2.69. The number of carbonyl (C=O) groups is 2. The van der Waals surface area contributed by atoms with Gasteiger partial charge in [0.25, 0.3) is 0 Å². The van der Waals surface area contributed by atoms with Gasteiger partial charge in [-0.2, -0.15) is 0 Å². The van der Waals surface area contributed by atoms with E-state index in [1.165, 1.54) is 17.7 Å². The number of fused-ring (bicyclic) bond motifs is 1. The van der Waals surface area contributed by atoms with Crippen LogP contribution in [0.3, 0.4) is 0 Å². The molecule has 6 N–H and O–H groups in total. The van der Waals surface area contributed by atoms with Gasteiger partial charge in [0, 0.05) is 24.2 Å². The molecule has 0 bridgehead atoms. The zero-order chi connectivity index (χ0) is 14.5. The standard InChI is InChI=1S/C13H19N3O3S.2H2O/c1-16(4-2-3-5-16)6-8-7-20-12-9(14)11(17)15(12)10(8)13(18)19;;/h9,12H,2-7,14H2,1H3;2*1H2/t9?,12-;;/m0../s1. The van der Waals surface area contributed by atoms with E-state index in [4.69, 9.17) is 5.73 Å². The minimum atomic E-state index is -1.25. The van der Waals surface area contributed by atoms with Crippen LogP contribution in [0.2, 0.25) is 0 Å². The van der Waals surface area contributed by atoms with Gasteiger partial charge in [0.05, 0.1) is 31.8 Å². The third-order valence-corrected chi connectivity index (χ3v) is 5.86. The molecule has 3 heterocycles. The average Bonchev–Trinajstić information content (AvgIpc) is 2.83. The fourth-order valence-electron chi connectivity index (χ4n) is 3.41.